The highest BCUT2D eigenvalue weighted by Gasteiger charge is 2.29. The average molecular weight is 313 g/mol. The van der Waals surface area contributed by atoms with Crippen LogP contribution in [-0.2, 0) is 16.0 Å². The zero-order chi connectivity index (χ0) is 13.9. The fourth-order valence-corrected chi connectivity index (χ4v) is 2.96. The highest BCUT2D eigenvalue weighted by Crippen LogP contribution is 2.36. The first-order valence-corrected chi connectivity index (χ1v) is 7.08. The van der Waals surface area contributed by atoms with Gasteiger partial charge in [0.15, 0.2) is 0 Å². The molecule has 1 aliphatic carbocycles. The van der Waals surface area contributed by atoms with Gasteiger partial charge in [-0.3, -0.25) is 4.79 Å². The monoisotopic (exact) mass is 312 g/mol. The minimum atomic E-state index is -0.376. The number of methoxy groups -OCH3 is 1. The first-order valence-electron chi connectivity index (χ1n) is 7.08. The first-order chi connectivity index (χ1) is 9.79. The normalized spacial score (nSPS) is 23.9. The molecule has 6 heteroatoms. The number of benzene rings is 1. The lowest BCUT2D eigenvalue weighted by atomic mass is 10.1. The average Bonchev–Trinajstić information content (AvgIpc) is 2.91. The lowest BCUT2D eigenvalue weighted by Gasteiger charge is -2.24. The van der Waals surface area contributed by atoms with Crippen LogP contribution in [0.25, 0.3) is 0 Å². The molecule has 2 unspecified atom stereocenters. The molecule has 116 valence electrons. The SMILES string of the molecule is COc1cccc2c1CCC2NC(=O)C1CNCCO1.Cl. The molecule has 1 fully saturated rings. The van der Waals surface area contributed by atoms with E-state index in [2.05, 4.69) is 16.7 Å². The number of ether oxygens (including phenoxy) is 2. The van der Waals surface area contributed by atoms with Crippen LogP contribution in [0.1, 0.15) is 23.6 Å². The van der Waals surface area contributed by atoms with Gasteiger partial charge in [-0.2, -0.15) is 0 Å². The third-order valence-corrected chi connectivity index (χ3v) is 3.98. The highest BCUT2D eigenvalue weighted by molar-refractivity contribution is 5.85. The van der Waals surface area contributed by atoms with E-state index in [-0.39, 0.29) is 30.5 Å². The number of nitrogens with one attached hydrogen (secondary N) is 2. The maximum atomic E-state index is 12.2. The smallest absolute Gasteiger partial charge is 0.250 e. The standard InChI is InChI=1S/C15H20N2O3.ClH/c1-19-13-4-2-3-10-11(13)5-6-12(10)17-15(18)14-9-16-7-8-20-14;/h2-4,12,14,16H,5-9H2,1H3,(H,17,18);1H. The molecule has 1 saturated heterocycles. The van der Waals surface area contributed by atoms with Crippen molar-refractivity contribution in [1.29, 1.82) is 0 Å². The number of carbonyl (C=O) groups excluding carboxylic acids is 1. The molecule has 1 aromatic rings. The van der Waals surface area contributed by atoms with Crippen LogP contribution in [0, 0.1) is 0 Å². The Bertz CT molecular complexity index is 504. The summed E-state index contributed by atoms with van der Waals surface area (Å²) in [6.45, 7) is 1.99. The van der Waals surface area contributed by atoms with E-state index in [0.717, 1.165) is 25.1 Å². The molecule has 1 heterocycles. The van der Waals surface area contributed by atoms with Gasteiger partial charge in [0, 0.05) is 13.1 Å². The summed E-state index contributed by atoms with van der Waals surface area (Å²) in [5.74, 6) is 0.882. The zero-order valence-corrected chi connectivity index (χ0v) is 12.9. The van der Waals surface area contributed by atoms with E-state index in [4.69, 9.17) is 9.47 Å². The van der Waals surface area contributed by atoms with E-state index in [0.29, 0.717) is 13.2 Å². The Morgan fingerprint density at radius 3 is 3.05 bits per heavy atom. The Morgan fingerprint density at radius 1 is 1.48 bits per heavy atom. The molecule has 1 aliphatic heterocycles. The second-order valence-electron chi connectivity index (χ2n) is 5.19. The van der Waals surface area contributed by atoms with Gasteiger partial charge in [-0.05, 0) is 30.0 Å². The van der Waals surface area contributed by atoms with E-state index < -0.39 is 0 Å². The molecule has 5 nitrogen and oxygen atoms in total. The predicted molar refractivity (Wildman–Crippen MR) is 82.1 cm³/mol. The second kappa shape index (κ2) is 7.11. The number of amides is 1. The van der Waals surface area contributed by atoms with Crippen molar-refractivity contribution in [3.05, 3.63) is 29.3 Å². The second-order valence-corrected chi connectivity index (χ2v) is 5.19. The van der Waals surface area contributed by atoms with Gasteiger partial charge in [0.2, 0.25) is 0 Å². The van der Waals surface area contributed by atoms with Crippen molar-refractivity contribution >= 4 is 18.3 Å². The zero-order valence-electron chi connectivity index (χ0n) is 12.1. The summed E-state index contributed by atoms with van der Waals surface area (Å²) in [5.41, 5.74) is 2.38. The summed E-state index contributed by atoms with van der Waals surface area (Å²) in [4.78, 5) is 12.2. The molecule has 1 aromatic carbocycles. The van der Waals surface area contributed by atoms with E-state index in [1.807, 2.05) is 12.1 Å². The quantitative estimate of drug-likeness (QED) is 0.881. The Hall–Kier alpha value is -1.30. The van der Waals surface area contributed by atoms with E-state index in [9.17, 15) is 4.79 Å². The van der Waals surface area contributed by atoms with Gasteiger partial charge < -0.3 is 20.1 Å². The largest absolute Gasteiger partial charge is 0.496 e. The maximum absolute atomic E-state index is 12.2. The molecule has 0 aromatic heterocycles. The molecule has 0 saturated carbocycles. The van der Waals surface area contributed by atoms with Crippen molar-refractivity contribution < 1.29 is 14.3 Å². The van der Waals surface area contributed by atoms with Crippen molar-refractivity contribution in [3.8, 4) is 5.75 Å². The maximum Gasteiger partial charge on any atom is 0.250 e. The van der Waals surface area contributed by atoms with Gasteiger partial charge in [-0.25, -0.2) is 0 Å². The molecule has 2 aliphatic rings. The van der Waals surface area contributed by atoms with Crippen LogP contribution in [-0.4, -0.2) is 38.8 Å². The number of rotatable bonds is 3. The van der Waals surface area contributed by atoms with Gasteiger partial charge in [0.25, 0.3) is 5.91 Å². The number of hydrogen-bond donors (Lipinski definition) is 2. The van der Waals surface area contributed by atoms with Crippen LogP contribution in [0.15, 0.2) is 18.2 Å². The highest BCUT2D eigenvalue weighted by atomic mass is 35.5. The Kier molecular flexibility index (Phi) is 5.45. The minimum absolute atomic E-state index is 0. The minimum Gasteiger partial charge on any atom is -0.496 e. The van der Waals surface area contributed by atoms with Gasteiger partial charge in [-0.15, -0.1) is 12.4 Å². The molecule has 3 rings (SSSR count). The van der Waals surface area contributed by atoms with Crippen LogP contribution >= 0.6 is 12.4 Å². The number of halogens is 1. The molecular weight excluding hydrogens is 292 g/mol. The van der Waals surface area contributed by atoms with Crippen molar-refractivity contribution in [2.24, 2.45) is 0 Å². The fraction of sp³-hybridized carbons (Fsp3) is 0.533. The summed E-state index contributed by atoms with van der Waals surface area (Å²) in [6, 6.07) is 6.08. The van der Waals surface area contributed by atoms with Crippen molar-refractivity contribution in [3.63, 3.8) is 0 Å². The van der Waals surface area contributed by atoms with Crippen LogP contribution in [0.4, 0.5) is 0 Å². The van der Waals surface area contributed by atoms with Crippen molar-refractivity contribution in [2.45, 2.75) is 25.0 Å². The number of carbonyl (C=O) groups is 1. The van der Waals surface area contributed by atoms with Gasteiger partial charge in [-0.1, -0.05) is 12.1 Å². The number of morpholine rings is 1. The Balaban J connectivity index is 0.00000161. The van der Waals surface area contributed by atoms with Crippen LogP contribution in [0.2, 0.25) is 0 Å². The molecule has 21 heavy (non-hydrogen) atoms. The third kappa shape index (κ3) is 3.31. The molecular formula is C15H21ClN2O3. The first kappa shape index (κ1) is 16.1. The number of hydrogen-bond acceptors (Lipinski definition) is 4. The molecule has 0 spiro atoms. The molecule has 0 radical (unpaired) electrons. The van der Waals surface area contributed by atoms with Crippen LogP contribution in [0.5, 0.6) is 5.75 Å². The third-order valence-electron chi connectivity index (χ3n) is 3.98. The molecule has 2 atom stereocenters. The van der Waals surface area contributed by atoms with E-state index >= 15 is 0 Å². The van der Waals surface area contributed by atoms with E-state index in [1.54, 1.807) is 7.11 Å². The van der Waals surface area contributed by atoms with Gasteiger partial charge >= 0.3 is 0 Å². The van der Waals surface area contributed by atoms with Crippen LogP contribution in [0.3, 0.4) is 0 Å². The van der Waals surface area contributed by atoms with Gasteiger partial charge in [0.1, 0.15) is 11.9 Å². The summed E-state index contributed by atoms with van der Waals surface area (Å²) >= 11 is 0. The summed E-state index contributed by atoms with van der Waals surface area (Å²) in [6.07, 6.45) is 1.48. The summed E-state index contributed by atoms with van der Waals surface area (Å²) < 4.78 is 10.9. The van der Waals surface area contributed by atoms with E-state index in [1.165, 1.54) is 11.1 Å². The lowest BCUT2D eigenvalue weighted by molar-refractivity contribution is -0.135. The topological polar surface area (TPSA) is 59.6 Å². The summed E-state index contributed by atoms with van der Waals surface area (Å²) in [5, 5.41) is 6.27. The molecule has 2 N–H and O–H groups in total. The number of fused-ring (bicyclic) bond motifs is 1. The summed E-state index contributed by atoms with van der Waals surface area (Å²) in [7, 11) is 1.68. The predicted octanol–water partition coefficient (Wildman–Crippen LogP) is 1.21. The van der Waals surface area contributed by atoms with Gasteiger partial charge in [0.05, 0.1) is 19.8 Å². The fourth-order valence-electron chi connectivity index (χ4n) is 2.96. The Labute approximate surface area is 130 Å². The molecule has 0 bridgehead atoms. The Morgan fingerprint density at radius 2 is 2.33 bits per heavy atom. The molecule has 1 amide bonds. The van der Waals surface area contributed by atoms with Crippen molar-refractivity contribution in [1.82, 2.24) is 10.6 Å². The van der Waals surface area contributed by atoms with Crippen LogP contribution < -0.4 is 15.4 Å². The van der Waals surface area contributed by atoms with Crippen molar-refractivity contribution in [2.75, 3.05) is 26.8 Å². The lowest BCUT2D eigenvalue weighted by Crippen LogP contribution is -2.48.